The number of aliphatic hydroxyl groups excluding tert-OH is 1. The number of hydrogen-bond donors (Lipinski definition) is 1. The van der Waals surface area contributed by atoms with Crippen molar-refractivity contribution in [1.29, 1.82) is 0 Å². The van der Waals surface area contributed by atoms with Crippen LogP contribution in [0.2, 0.25) is 0 Å². The Kier molecular flexibility index (Phi) is 6.35. The molecule has 1 aromatic carbocycles. The highest BCUT2D eigenvalue weighted by Gasteiger charge is 2.07. The zero-order valence-electron chi connectivity index (χ0n) is 11.7. The summed E-state index contributed by atoms with van der Waals surface area (Å²) in [6.07, 6.45) is 6.68. The molecule has 0 aliphatic rings. The van der Waals surface area contributed by atoms with E-state index in [2.05, 4.69) is 12.1 Å². The maximum Gasteiger partial charge on any atom is 0.0960 e. The van der Waals surface area contributed by atoms with Gasteiger partial charge in [-0.2, -0.15) is 0 Å². The third kappa shape index (κ3) is 5.19. The highest BCUT2D eigenvalue weighted by Crippen LogP contribution is 2.19. The van der Waals surface area contributed by atoms with Crippen molar-refractivity contribution in [3.63, 3.8) is 0 Å². The molecule has 0 saturated carbocycles. The summed E-state index contributed by atoms with van der Waals surface area (Å²) in [6.45, 7) is 1.45. The highest BCUT2D eigenvalue weighted by molar-refractivity contribution is 5.13. The lowest BCUT2D eigenvalue weighted by Crippen LogP contribution is -1.98. The highest BCUT2D eigenvalue weighted by atomic mass is 16.5. The van der Waals surface area contributed by atoms with Gasteiger partial charge in [-0.15, -0.1) is 0 Å². The number of hydrogen-bond acceptors (Lipinski definition) is 3. The second-order valence-corrected chi connectivity index (χ2v) is 4.96. The van der Waals surface area contributed by atoms with Crippen LogP contribution in [0.15, 0.2) is 53.3 Å². The average molecular weight is 274 g/mol. The molecule has 3 nitrogen and oxygen atoms in total. The van der Waals surface area contributed by atoms with E-state index in [1.807, 2.05) is 24.3 Å². The molecule has 0 aliphatic carbocycles. The fraction of sp³-hybridized carbons (Fsp3) is 0.412. The molecule has 0 bridgehead atoms. The van der Waals surface area contributed by atoms with Crippen molar-refractivity contribution >= 4 is 0 Å². The lowest BCUT2D eigenvalue weighted by atomic mass is 10.1. The van der Waals surface area contributed by atoms with Crippen molar-refractivity contribution in [2.75, 3.05) is 6.61 Å². The van der Waals surface area contributed by atoms with Crippen LogP contribution >= 0.6 is 0 Å². The largest absolute Gasteiger partial charge is 0.472 e. The molecule has 2 aromatic rings. The number of unbranched alkanes of at least 4 members (excludes halogenated alkanes) is 2. The first kappa shape index (κ1) is 14.8. The molecule has 1 aromatic heterocycles. The summed E-state index contributed by atoms with van der Waals surface area (Å²) in [6, 6.07) is 12.0. The van der Waals surface area contributed by atoms with Crippen LogP contribution in [0.25, 0.3) is 0 Å². The van der Waals surface area contributed by atoms with Crippen LogP contribution in [0.1, 0.15) is 42.9 Å². The molecular weight excluding hydrogens is 252 g/mol. The molecule has 0 saturated heterocycles. The summed E-state index contributed by atoms with van der Waals surface area (Å²) in [5, 5.41) is 9.87. The van der Waals surface area contributed by atoms with Gasteiger partial charge in [-0.25, -0.2) is 0 Å². The zero-order valence-corrected chi connectivity index (χ0v) is 11.7. The third-order valence-corrected chi connectivity index (χ3v) is 3.31. The predicted molar refractivity (Wildman–Crippen MR) is 78.2 cm³/mol. The second kappa shape index (κ2) is 8.56. The van der Waals surface area contributed by atoms with Gasteiger partial charge in [-0.3, -0.25) is 0 Å². The van der Waals surface area contributed by atoms with Gasteiger partial charge in [0.05, 0.1) is 25.2 Å². The molecule has 2 rings (SSSR count). The van der Waals surface area contributed by atoms with Gasteiger partial charge in [0.2, 0.25) is 0 Å². The van der Waals surface area contributed by atoms with Gasteiger partial charge in [0.15, 0.2) is 0 Å². The van der Waals surface area contributed by atoms with Crippen molar-refractivity contribution in [3.05, 3.63) is 60.1 Å². The Labute approximate surface area is 120 Å². The number of aliphatic hydroxyl groups is 1. The number of furan rings is 1. The Morgan fingerprint density at radius 3 is 2.65 bits per heavy atom. The van der Waals surface area contributed by atoms with Crippen LogP contribution in [0.5, 0.6) is 0 Å². The molecule has 1 unspecified atom stereocenters. The molecule has 3 heteroatoms. The van der Waals surface area contributed by atoms with Crippen LogP contribution in [0, 0.1) is 0 Å². The molecule has 20 heavy (non-hydrogen) atoms. The molecule has 1 N–H and O–H groups in total. The van der Waals surface area contributed by atoms with E-state index >= 15 is 0 Å². The molecule has 1 atom stereocenters. The van der Waals surface area contributed by atoms with E-state index in [9.17, 15) is 5.11 Å². The van der Waals surface area contributed by atoms with E-state index in [4.69, 9.17) is 9.15 Å². The third-order valence-electron chi connectivity index (χ3n) is 3.31. The van der Waals surface area contributed by atoms with Crippen molar-refractivity contribution in [2.45, 2.75) is 38.4 Å². The minimum Gasteiger partial charge on any atom is -0.472 e. The topological polar surface area (TPSA) is 42.6 Å². The van der Waals surface area contributed by atoms with Crippen molar-refractivity contribution in [2.24, 2.45) is 0 Å². The predicted octanol–water partition coefficient (Wildman–Crippen LogP) is 4.09. The summed E-state index contributed by atoms with van der Waals surface area (Å²) >= 11 is 0. The van der Waals surface area contributed by atoms with Crippen LogP contribution in [-0.2, 0) is 11.3 Å². The van der Waals surface area contributed by atoms with Crippen molar-refractivity contribution < 1.29 is 14.3 Å². The van der Waals surface area contributed by atoms with E-state index in [0.717, 1.165) is 37.9 Å². The molecule has 0 fully saturated rings. The Balaban J connectivity index is 1.48. The van der Waals surface area contributed by atoms with E-state index in [1.165, 1.54) is 5.56 Å². The van der Waals surface area contributed by atoms with Gasteiger partial charge in [0.25, 0.3) is 0 Å². The summed E-state index contributed by atoms with van der Waals surface area (Å²) < 4.78 is 10.6. The first-order chi connectivity index (χ1) is 9.86. The number of ether oxygens (including phenoxy) is 1. The minimum atomic E-state index is -0.404. The fourth-order valence-corrected chi connectivity index (χ4v) is 2.11. The summed E-state index contributed by atoms with van der Waals surface area (Å²) in [4.78, 5) is 0. The Bertz CT molecular complexity index is 450. The van der Waals surface area contributed by atoms with Gasteiger partial charge in [0, 0.05) is 12.2 Å². The Morgan fingerprint density at radius 1 is 1.05 bits per heavy atom. The molecule has 0 radical (unpaired) electrons. The lowest BCUT2D eigenvalue weighted by Gasteiger charge is -2.08. The maximum absolute atomic E-state index is 9.87. The summed E-state index contributed by atoms with van der Waals surface area (Å²) in [5.41, 5.74) is 2.08. The van der Waals surface area contributed by atoms with E-state index < -0.39 is 6.10 Å². The van der Waals surface area contributed by atoms with E-state index in [-0.39, 0.29) is 0 Å². The Morgan fingerprint density at radius 2 is 1.90 bits per heavy atom. The van der Waals surface area contributed by atoms with E-state index in [0.29, 0.717) is 6.61 Å². The minimum absolute atomic E-state index is 0.404. The average Bonchev–Trinajstić information content (AvgIpc) is 3.01. The Hall–Kier alpha value is -1.58. The molecule has 0 spiro atoms. The quantitative estimate of drug-likeness (QED) is 0.700. The standard InChI is InChI=1S/C17H22O3/c18-17(16-10-12-20-14-16)9-5-2-6-11-19-13-15-7-3-1-4-8-15/h1,3-4,7-8,10,12,14,17-18H,2,5-6,9,11,13H2. The fourth-order valence-electron chi connectivity index (χ4n) is 2.11. The molecule has 0 aliphatic heterocycles. The van der Waals surface area contributed by atoms with E-state index in [1.54, 1.807) is 12.5 Å². The smallest absolute Gasteiger partial charge is 0.0960 e. The zero-order chi connectivity index (χ0) is 14.0. The number of rotatable bonds is 9. The van der Waals surface area contributed by atoms with Gasteiger partial charge < -0.3 is 14.3 Å². The van der Waals surface area contributed by atoms with Gasteiger partial charge in [0.1, 0.15) is 0 Å². The van der Waals surface area contributed by atoms with Crippen LogP contribution in [-0.4, -0.2) is 11.7 Å². The summed E-state index contributed by atoms with van der Waals surface area (Å²) in [7, 11) is 0. The van der Waals surface area contributed by atoms with Gasteiger partial charge in [-0.05, 0) is 24.5 Å². The molecule has 108 valence electrons. The van der Waals surface area contributed by atoms with Gasteiger partial charge in [-0.1, -0.05) is 43.2 Å². The monoisotopic (exact) mass is 274 g/mol. The normalized spacial score (nSPS) is 12.4. The molecular formula is C17H22O3. The molecule has 1 heterocycles. The van der Waals surface area contributed by atoms with Crippen molar-refractivity contribution in [3.8, 4) is 0 Å². The first-order valence-electron chi connectivity index (χ1n) is 7.18. The van der Waals surface area contributed by atoms with Crippen LogP contribution in [0.4, 0.5) is 0 Å². The van der Waals surface area contributed by atoms with Gasteiger partial charge >= 0.3 is 0 Å². The van der Waals surface area contributed by atoms with Crippen LogP contribution < -0.4 is 0 Å². The van der Waals surface area contributed by atoms with Crippen molar-refractivity contribution in [1.82, 2.24) is 0 Å². The van der Waals surface area contributed by atoms with Crippen LogP contribution in [0.3, 0.4) is 0 Å². The maximum atomic E-state index is 9.87. The summed E-state index contributed by atoms with van der Waals surface area (Å²) in [5.74, 6) is 0. The SMILES string of the molecule is OC(CCCCCOCc1ccccc1)c1ccoc1. The molecule has 0 amide bonds. The first-order valence-corrected chi connectivity index (χ1v) is 7.18. The number of benzene rings is 1. The second-order valence-electron chi connectivity index (χ2n) is 4.96. The lowest BCUT2D eigenvalue weighted by molar-refractivity contribution is 0.114.